The molecule has 0 radical (unpaired) electrons. The van der Waals surface area contributed by atoms with Crippen molar-refractivity contribution >= 4 is 5.97 Å². The Morgan fingerprint density at radius 2 is 1.79 bits per heavy atom. The quantitative estimate of drug-likeness (QED) is 0.895. The lowest BCUT2D eigenvalue weighted by Crippen LogP contribution is -2.03. The number of benzene rings is 2. The van der Waals surface area contributed by atoms with Crippen LogP contribution < -0.4 is 9.47 Å². The second kappa shape index (κ2) is 5.91. The zero-order valence-electron chi connectivity index (χ0n) is 10.5. The van der Waals surface area contributed by atoms with Crippen LogP contribution in [0, 0.1) is 0 Å². The van der Waals surface area contributed by atoms with Crippen LogP contribution in [0.1, 0.15) is 15.9 Å². The van der Waals surface area contributed by atoms with E-state index in [1.807, 2.05) is 24.3 Å². The average molecular weight is 258 g/mol. The third-order valence-electron chi connectivity index (χ3n) is 2.67. The zero-order chi connectivity index (χ0) is 13.7. The van der Waals surface area contributed by atoms with Gasteiger partial charge < -0.3 is 14.6 Å². The summed E-state index contributed by atoms with van der Waals surface area (Å²) in [6.45, 7) is 0.314. The summed E-state index contributed by atoms with van der Waals surface area (Å²) < 4.78 is 10.6. The number of carboxylic acids is 1. The van der Waals surface area contributed by atoms with Crippen molar-refractivity contribution in [3.8, 4) is 11.5 Å². The van der Waals surface area contributed by atoms with Gasteiger partial charge in [-0.3, -0.25) is 0 Å². The Morgan fingerprint density at radius 1 is 1.11 bits per heavy atom. The fourth-order valence-corrected chi connectivity index (χ4v) is 1.65. The lowest BCUT2D eigenvalue weighted by atomic mass is 10.2. The van der Waals surface area contributed by atoms with Gasteiger partial charge in [0.2, 0.25) is 0 Å². The first kappa shape index (κ1) is 13.0. The Hall–Kier alpha value is -2.49. The van der Waals surface area contributed by atoms with Gasteiger partial charge in [-0.2, -0.15) is 0 Å². The van der Waals surface area contributed by atoms with Gasteiger partial charge in [-0.1, -0.05) is 24.3 Å². The molecule has 98 valence electrons. The molecular formula is C15H14O4. The topological polar surface area (TPSA) is 55.8 Å². The normalized spacial score (nSPS) is 9.95. The number of ether oxygens (including phenoxy) is 2. The molecule has 0 amide bonds. The van der Waals surface area contributed by atoms with Crippen molar-refractivity contribution in [2.45, 2.75) is 6.61 Å². The van der Waals surface area contributed by atoms with Gasteiger partial charge in [-0.25, -0.2) is 4.79 Å². The first-order valence-corrected chi connectivity index (χ1v) is 5.79. The van der Waals surface area contributed by atoms with Gasteiger partial charge in [0.15, 0.2) is 0 Å². The molecule has 0 unspecified atom stereocenters. The first-order chi connectivity index (χ1) is 9.20. The van der Waals surface area contributed by atoms with Gasteiger partial charge in [0.05, 0.1) is 7.11 Å². The number of hydrogen-bond acceptors (Lipinski definition) is 3. The van der Waals surface area contributed by atoms with E-state index in [1.165, 1.54) is 6.07 Å². The predicted molar refractivity (Wildman–Crippen MR) is 70.7 cm³/mol. The lowest BCUT2D eigenvalue weighted by molar-refractivity contribution is 0.0692. The minimum Gasteiger partial charge on any atom is -0.497 e. The molecule has 0 aromatic heterocycles. The Labute approximate surface area is 111 Å². The summed E-state index contributed by atoms with van der Waals surface area (Å²) in [5.41, 5.74) is 1.11. The van der Waals surface area contributed by atoms with Gasteiger partial charge in [-0.05, 0) is 29.8 Å². The molecule has 0 atom stereocenters. The van der Waals surface area contributed by atoms with E-state index in [0.717, 1.165) is 11.3 Å². The van der Waals surface area contributed by atoms with Crippen molar-refractivity contribution in [2.75, 3.05) is 7.11 Å². The monoisotopic (exact) mass is 258 g/mol. The van der Waals surface area contributed by atoms with E-state index in [4.69, 9.17) is 14.6 Å². The molecule has 0 heterocycles. The van der Waals surface area contributed by atoms with Gasteiger partial charge in [0.25, 0.3) is 0 Å². The molecule has 0 aliphatic carbocycles. The summed E-state index contributed by atoms with van der Waals surface area (Å²) in [6.07, 6.45) is 0. The molecule has 2 aromatic rings. The minimum atomic E-state index is -0.995. The molecule has 2 rings (SSSR count). The van der Waals surface area contributed by atoms with Crippen molar-refractivity contribution in [3.05, 3.63) is 59.7 Å². The standard InChI is InChI=1S/C15H14O4/c1-18-12-8-6-11(7-9-12)10-19-14-5-3-2-4-13(14)15(16)17/h2-9H,10H2,1H3,(H,16,17). The number of rotatable bonds is 5. The second-order valence-electron chi connectivity index (χ2n) is 3.94. The Morgan fingerprint density at radius 3 is 2.42 bits per heavy atom. The van der Waals surface area contributed by atoms with Crippen LogP contribution in [-0.2, 0) is 6.61 Å². The highest BCUT2D eigenvalue weighted by Crippen LogP contribution is 2.20. The number of hydrogen-bond donors (Lipinski definition) is 1. The highest BCUT2D eigenvalue weighted by molar-refractivity contribution is 5.90. The van der Waals surface area contributed by atoms with E-state index in [1.54, 1.807) is 25.3 Å². The van der Waals surface area contributed by atoms with Crippen molar-refractivity contribution in [3.63, 3.8) is 0 Å². The number of aromatic carboxylic acids is 1. The summed E-state index contributed by atoms with van der Waals surface area (Å²) in [5, 5.41) is 9.03. The molecule has 4 heteroatoms. The summed E-state index contributed by atoms with van der Waals surface area (Å²) in [6, 6.07) is 14.0. The van der Waals surface area contributed by atoms with Crippen LogP contribution in [0.15, 0.2) is 48.5 Å². The van der Waals surface area contributed by atoms with Crippen molar-refractivity contribution < 1.29 is 19.4 Å². The largest absolute Gasteiger partial charge is 0.497 e. The fourth-order valence-electron chi connectivity index (χ4n) is 1.65. The maximum Gasteiger partial charge on any atom is 0.339 e. The fraction of sp³-hybridized carbons (Fsp3) is 0.133. The molecule has 2 aromatic carbocycles. The predicted octanol–water partition coefficient (Wildman–Crippen LogP) is 2.97. The summed E-state index contributed by atoms with van der Waals surface area (Å²) in [4.78, 5) is 11.0. The van der Waals surface area contributed by atoms with E-state index in [9.17, 15) is 4.79 Å². The van der Waals surface area contributed by atoms with Crippen LogP contribution >= 0.6 is 0 Å². The molecule has 0 aliphatic rings. The SMILES string of the molecule is COc1ccc(COc2ccccc2C(=O)O)cc1. The van der Waals surface area contributed by atoms with E-state index < -0.39 is 5.97 Å². The van der Waals surface area contributed by atoms with Gasteiger partial charge >= 0.3 is 5.97 Å². The summed E-state index contributed by atoms with van der Waals surface area (Å²) >= 11 is 0. The molecule has 0 saturated carbocycles. The molecule has 0 spiro atoms. The maximum absolute atomic E-state index is 11.0. The number of para-hydroxylation sites is 1. The Bertz CT molecular complexity index is 561. The first-order valence-electron chi connectivity index (χ1n) is 5.79. The number of carboxylic acid groups (broad SMARTS) is 1. The van der Waals surface area contributed by atoms with E-state index in [0.29, 0.717) is 12.4 Å². The van der Waals surface area contributed by atoms with Gasteiger partial charge in [0, 0.05) is 0 Å². The van der Waals surface area contributed by atoms with Gasteiger partial charge in [0.1, 0.15) is 23.7 Å². The third-order valence-corrected chi connectivity index (χ3v) is 2.67. The van der Waals surface area contributed by atoms with Crippen LogP contribution in [0.25, 0.3) is 0 Å². The minimum absolute atomic E-state index is 0.163. The number of methoxy groups -OCH3 is 1. The summed E-state index contributed by atoms with van der Waals surface area (Å²) in [5.74, 6) is 0.144. The van der Waals surface area contributed by atoms with E-state index in [-0.39, 0.29) is 5.56 Å². The third kappa shape index (κ3) is 3.25. The maximum atomic E-state index is 11.0. The molecular weight excluding hydrogens is 244 g/mol. The van der Waals surface area contributed by atoms with Crippen LogP contribution in [-0.4, -0.2) is 18.2 Å². The zero-order valence-corrected chi connectivity index (χ0v) is 10.5. The molecule has 0 aliphatic heterocycles. The Kier molecular flexibility index (Phi) is 4.03. The van der Waals surface area contributed by atoms with Gasteiger partial charge in [-0.15, -0.1) is 0 Å². The Balaban J connectivity index is 2.07. The van der Waals surface area contributed by atoms with E-state index in [2.05, 4.69) is 0 Å². The van der Waals surface area contributed by atoms with Crippen LogP contribution in [0.5, 0.6) is 11.5 Å². The van der Waals surface area contributed by atoms with E-state index >= 15 is 0 Å². The average Bonchev–Trinajstić information content (AvgIpc) is 2.46. The highest BCUT2D eigenvalue weighted by atomic mass is 16.5. The van der Waals surface area contributed by atoms with Crippen molar-refractivity contribution in [1.29, 1.82) is 0 Å². The molecule has 19 heavy (non-hydrogen) atoms. The van der Waals surface area contributed by atoms with Crippen LogP contribution in [0.3, 0.4) is 0 Å². The van der Waals surface area contributed by atoms with Crippen molar-refractivity contribution in [1.82, 2.24) is 0 Å². The lowest BCUT2D eigenvalue weighted by Gasteiger charge is -2.09. The highest BCUT2D eigenvalue weighted by Gasteiger charge is 2.09. The number of carbonyl (C=O) groups is 1. The van der Waals surface area contributed by atoms with Crippen LogP contribution in [0.2, 0.25) is 0 Å². The molecule has 4 nitrogen and oxygen atoms in total. The molecule has 0 fully saturated rings. The van der Waals surface area contributed by atoms with Crippen molar-refractivity contribution in [2.24, 2.45) is 0 Å². The molecule has 0 saturated heterocycles. The second-order valence-corrected chi connectivity index (χ2v) is 3.94. The molecule has 0 bridgehead atoms. The van der Waals surface area contributed by atoms with Crippen LogP contribution in [0.4, 0.5) is 0 Å². The smallest absolute Gasteiger partial charge is 0.339 e. The molecule has 1 N–H and O–H groups in total. The summed E-state index contributed by atoms with van der Waals surface area (Å²) in [7, 11) is 1.61.